The van der Waals surface area contributed by atoms with Crippen LogP contribution in [0.15, 0.2) is 61.1 Å². The molecule has 0 saturated heterocycles. The van der Waals surface area contributed by atoms with E-state index in [-0.39, 0.29) is 5.91 Å². The summed E-state index contributed by atoms with van der Waals surface area (Å²) >= 11 is 0. The Hall–Kier alpha value is -2.95. The second kappa shape index (κ2) is 7.08. The van der Waals surface area contributed by atoms with E-state index in [0.29, 0.717) is 24.3 Å². The minimum Gasteiger partial charge on any atom is -0.339 e. The first-order valence-electron chi connectivity index (χ1n) is 8.09. The molecule has 0 fully saturated rings. The Morgan fingerprint density at radius 2 is 1.83 bits per heavy atom. The van der Waals surface area contributed by atoms with Crippen LogP contribution in [0.2, 0.25) is 0 Å². The number of rotatable bonds is 5. The number of pyridine rings is 1. The molecule has 3 aromatic rings. The van der Waals surface area contributed by atoms with E-state index in [9.17, 15) is 4.79 Å². The van der Waals surface area contributed by atoms with Crippen molar-refractivity contribution < 1.29 is 4.79 Å². The number of nitrogens with zero attached hydrogens (tertiary/aromatic N) is 4. The summed E-state index contributed by atoms with van der Waals surface area (Å²) in [6, 6.07) is 13.6. The molecule has 0 radical (unpaired) electrons. The zero-order chi connectivity index (χ0) is 16.9. The van der Waals surface area contributed by atoms with Crippen LogP contribution in [-0.2, 0) is 0 Å². The van der Waals surface area contributed by atoms with Gasteiger partial charge in [0, 0.05) is 37.2 Å². The lowest BCUT2D eigenvalue weighted by atomic mass is 10.1. The van der Waals surface area contributed by atoms with Gasteiger partial charge in [-0.3, -0.25) is 9.78 Å². The summed E-state index contributed by atoms with van der Waals surface area (Å²) in [5, 5.41) is 4.65. The van der Waals surface area contributed by atoms with Crippen molar-refractivity contribution in [3.63, 3.8) is 0 Å². The lowest BCUT2D eigenvalue weighted by molar-refractivity contribution is 0.0773. The lowest BCUT2D eigenvalue weighted by Crippen LogP contribution is -2.30. The van der Waals surface area contributed by atoms with Gasteiger partial charge in [0.2, 0.25) is 0 Å². The van der Waals surface area contributed by atoms with Crippen molar-refractivity contribution in [1.82, 2.24) is 19.7 Å². The van der Waals surface area contributed by atoms with Crippen LogP contribution in [0.5, 0.6) is 0 Å². The Morgan fingerprint density at radius 1 is 1.08 bits per heavy atom. The third-order valence-electron chi connectivity index (χ3n) is 3.95. The molecule has 0 atom stereocenters. The van der Waals surface area contributed by atoms with Gasteiger partial charge in [-0.05, 0) is 38.1 Å². The van der Waals surface area contributed by atoms with Crippen molar-refractivity contribution in [3.05, 3.63) is 66.6 Å². The first-order chi connectivity index (χ1) is 11.7. The average Bonchev–Trinajstić information content (AvgIpc) is 3.09. The molecule has 24 heavy (non-hydrogen) atoms. The fraction of sp³-hybridized carbons (Fsp3) is 0.211. The zero-order valence-corrected chi connectivity index (χ0v) is 13.9. The van der Waals surface area contributed by atoms with Gasteiger partial charge < -0.3 is 4.90 Å². The van der Waals surface area contributed by atoms with E-state index in [4.69, 9.17) is 0 Å². The van der Waals surface area contributed by atoms with E-state index in [1.165, 1.54) is 0 Å². The summed E-state index contributed by atoms with van der Waals surface area (Å²) in [5.41, 5.74) is 3.00. The number of aromatic nitrogens is 3. The molecule has 2 aromatic heterocycles. The van der Waals surface area contributed by atoms with E-state index in [2.05, 4.69) is 10.1 Å². The summed E-state index contributed by atoms with van der Waals surface area (Å²) in [5.74, 6) is -0.0129. The highest BCUT2D eigenvalue weighted by atomic mass is 16.2. The van der Waals surface area contributed by atoms with Crippen LogP contribution in [0.1, 0.15) is 24.2 Å². The molecule has 0 aliphatic rings. The molecule has 5 nitrogen and oxygen atoms in total. The third-order valence-corrected chi connectivity index (χ3v) is 3.95. The van der Waals surface area contributed by atoms with Gasteiger partial charge in [-0.2, -0.15) is 5.10 Å². The number of para-hydroxylation sites is 1. The number of carbonyl (C=O) groups is 1. The Kier molecular flexibility index (Phi) is 4.70. The summed E-state index contributed by atoms with van der Waals surface area (Å²) in [6.45, 7) is 5.29. The van der Waals surface area contributed by atoms with Crippen LogP contribution in [0, 0.1) is 0 Å². The molecule has 0 unspecified atom stereocenters. The van der Waals surface area contributed by atoms with Crippen LogP contribution in [-0.4, -0.2) is 38.7 Å². The van der Waals surface area contributed by atoms with Crippen LogP contribution in [0.4, 0.5) is 0 Å². The van der Waals surface area contributed by atoms with Crippen molar-refractivity contribution in [3.8, 4) is 16.9 Å². The van der Waals surface area contributed by atoms with Crippen LogP contribution in [0.3, 0.4) is 0 Å². The molecule has 0 bridgehead atoms. The number of hydrogen-bond donors (Lipinski definition) is 0. The van der Waals surface area contributed by atoms with Crippen LogP contribution < -0.4 is 0 Å². The zero-order valence-electron chi connectivity index (χ0n) is 13.9. The van der Waals surface area contributed by atoms with Gasteiger partial charge in [-0.25, -0.2) is 4.68 Å². The largest absolute Gasteiger partial charge is 0.339 e. The van der Waals surface area contributed by atoms with E-state index in [1.54, 1.807) is 28.2 Å². The van der Waals surface area contributed by atoms with Gasteiger partial charge in [0.15, 0.2) is 0 Å². The number of amides is 1. The summed E-state index contributed by atoms with van der Waals surface area (Å²) in [7, 11) is 0. The molecule has 0 saturated carbocycles. The van der Waals surface area contributed by atoms with Crippen molar-refractivity contribution in [2.45, 2.75) is 13.8 Å². The summed E-state index contributed by atoms with van der Waals surface area (Å²) in [4.78, 5) is 18.9. The number of carbonyl (C=O) groups excluding carboxylic acids is 1. The SMILES string of the molecule is CCN(CC)C(=O)c1cn(-c2ccccc2)nc1-c1cccnc1. The summed E-state index contributed by atoms with van der Waals surface area (Å²) in [6.07, 6.45) is 5.25. The van der Waals surface area contributed by atoms with Gasteiger partial charge in [0.05, 0.1) is 11.3 Å². The first kappa shape index (κ1) is 15.9. The van der Waals surface area contributed by atoms with E-state index < -0.39 is 0 Å². The standard InChI is InChI=1S/C19H20N4O/c1-3-22(4-2)19(24)17-14-23(16-10-6-5-7-11-16)21-18(17)15-9-8-12-20-13-15/h5-14H,3-4H2,1-2H3. The first-order valence-corrected chi connectivity index (χ1v) is 8.09. The van der Waals surface area contributed by atoms with Gasteiger partial charge >= 0.3 is 0 Å². The molecule has 2 heterocycles. The van der Waals surface area contributed by atoms with Gasteiger partial charge in [-0.1, -0.05) is 18.2 Å². The molecule has 0 aliphatic carbocycles. The fourth-order valence-corrected chi connectivity index (χ4v) is 2.64. The van der Waals surface area contributed by atoms with Crippen molar-refractivity contribution >= 4 is 5.91 Å². The van der Waals surface area contributed by atoms with Gasteiger partial charge in [0.1, 0.15) is 5.69 Å². The van der Waals surface area contributed by atoms with E-state index in [0.717, 1.165) is 11.3 Å². The van der Waals surface area contributed by atoms with Crippen LogP contribution >= 0.6 is 0 Å². The third kappa shape index (κ3) is 3.06. The molecule has 0 spiro atoms. The fourth-order valence-electron chi connectivity index (χ4n) is 2.64. The highest BCUT2D eigenvalue weighted by molar-refractivity contribution is 5.99. The maximum atomic E-state index is 12.9. The second-order valence-corrected chi connectivity index (χ2v) is 5.39. The Labute approximate surface area is 141 Å². The number of benzene rings is 1. The van der Waals surface area contributed by atoms with Gasteiger partial charge in [0.25, 0.3) is 5.91 Å². The number of hydrogen-bond acceptors (Lipinski definition) is 3. The smallest absolute Gasteiger partial charge is 0.257 e. The minimum atomic E-state index is -0.0129. The monoisotopic (exact) mass is 320 g/mol. The quantitative estimate of drug-likeness (QED) is 0.724. The van der Waals surface area contributed by atoms with E-state index in [1.807, 2.05) is 56.3 Å². The molecular formula is C19H20N4O. The average molecular weight is 320 g/mol. The van der Waals surface area contributed by atoms with Crippen molar-refractivity contribution in [2.24, 2.45) is 0 Å². The molecule has 1 amide bonds. The maximum absolute atomic E-state index is 12.9. The van der Waals surface area contributed by atoms with Crippen LogP contribution in [0.25, 0.3) is 16.9 Å². The van der Waals surface area contributed by atoms with Crippen molar-refractivity contribution in [2.75, 3.05) is 13.1 Å². The normalized spacial score (nSPS) is 10.6. The summed E-state index contributed by atoms with van der Waals surface area (Å²) < 4.78 is 1.75. The molecule has 0 N–H and O–H groups in total. The maximum Gasteiger partial charge on any atom is 0.257 e. The highest BCUT2D eigenvalue weighted by Crippen LogP contribution is 2.24. The lowest BCUT2D eigenvalue weighted by Gasteiger charge is -2.18. The van der Waals surface area contributed by atoms with Gasteiger partial charge in [-0.15, -0.1) is 0 Å². The second-order valence-electron chi connectivity index (χ2n) is 5.39. The highest BCUT2D eigenvalue weighted by Gasteiger charge is 2.22. The minimum absolute atomic E-state index is 0.0129. The molecule has 1 aromatic carbocycles. The molecule has 3 rings (SSSR count). The predicted octanol–water partition coefficient (Wildman–Crippen LogP) is 3.42. The molecule has 122 valence electrons. The molecule has 5 heteroatoms. The topological polar surface area (TPSA) is 51.0 Å². The Balaban J connectivity index is 2.12. The Morgan fingerprint density at radius 3 is 2.46 bits per heavy atom. The van der Waals surface area contributed by atoms with E-state index >= 15 is 0 Å². The Bertz CT molecular complexity index is 808. The van der Waals surface area contributed by atoms with Crippen molar-refractivity contribution in [1.29, 1.82) is 0 Å². The molecular weight excluding hydrogens is 300 g/mol. The predicted molar refractivity (Wildman–Crippen MR) is 94.0 cm³/mol. The molecule has 0 aliphatic heterocycles.